The van der Waals surface area contributed by atoms with Gasteiger partial charge in [-0.1, -0.05) is 26.7 Å². The van der Waals surface area contributed by atoms with Crippen LogP contribution in [0.5, 0.6) is 0 Å². The highest BCUT2D eigenvalue weighted by atomic mass is 127. The molecule has 21 heavy (non-hydrogen) atoms. The van der Waals surface area contributed by atoms with Crippen molar-refractivity contribution < 1.29 is 4.74 Å². The molecule has 122 valence electrons. The van der Waals surface area contributed by atoms with Crippen molar-refractivity contribution in [3.63, 3.8) is 0 Å². The number of halogens is 1. The van der Waals surface area contributed by atoms with Crippen molar-refractivity contribution in [2.24, 2.45) is 28.0 Å². The van der Waals surface area contributed by atoms with Gasteiger partial charge in [0.05, 0.1) is 6.10 Å². The summed E-state index contributed by atoms with van der Waals surface area (Å²) in [7, 11) is 0. The fourth-order valence-corrected chi connectivity index (χ4v) is 4.55. The maximum absolute atomic E-state index is 6.10. The lowest BCUT2D eigenvalue weighted by molar-refractivity contribution is -0.124. The molecule has 0 radical (unpaired) electrons. The number of nitrogens with one attached hydrogen (secondary N) is 1. The highest BCUT2D eigenvalue weighted by Gasteiger charge is 2.64. The van der Waals surface area contributed by atoms with E-state index in [9.17, 15) is 0 Å². The van der Waals surface area contributed by atoms with E-state index >= 15 is 0 Å². The number of hydrogen-bond acceptors (Lipinski definition) is 2. The zero-order valence-electron chi connectivity index (χ0n) is 13.3. The molecule has 3 atom stereocenters. The smallest absolute Gasteiger partial charge is 0.188 e. The van der Waals surface area contributed by atoms with E-state index in [1.807, 2.05) is 0 Å². The lowest BCUT2D eigenvalue weighted by Gasteiger charge is -2.57. The Balaban J connectivity index is 0.00000161. The molecule has 1 heterocycles. The first-order valence-electron chi connectivity index (χ1n) is 8.31. The third-order valence-corrected chi connectivity index (χ3v) is 5.58. The Morgan fingerprint density at radius 2 is 2.10 bits per heavy atom. The molecule has 3 rings (SSSR count). The molecular weight excluding hydrogens is 377 g/mol. The molecule has 0 aromatic carbocycles. The van der Waals surface area contributed by atoms with Crippen molar-refractivity contribution in [3.05, 3.63) is 0 Å². The third kappa shape index (κ3) is 3.19. The average Bonchev–Trinajstić information content (AvgIpc) is 3.04. The fourth-order valence-electron chi connectivity index (χ4n) is 4.55. The fraction of sp³-hybridized carbons (Fsp3) is 0.938. The predicted octanol–water partition coefficient (Wildman–Crippen LogP) is 2.90. The van der Waals surface area contributed by atoms with Crippen molar-refractivity contribution in [1.82, 2.24) is 5.32 Å². The van der Waals surface area contributed by atoms with E-state index < -0.39 is 0 Å². The minimum atomic E-state index is 0. The normalized spacial score (nSPS) is 33.7. The second-order valence-corrected chi connectivity index (χ2v) is 7.26. The van der Waals surface area contributed by atoms with Crippen LogP contribution < -0.4 is 11.1 Å². The summed E-state index contributed by atoms with van der Waals surface area (Å²) in [5.41, 5.74) is 6.46. The summed E-state index contributed by atoms with van der Waals surface area (Å²) in [5.74, 6) is 1.99. The molecule has 3 fully saturated rings. The monoisotopic (exact) mass is 407 g/mol. The average molecular weight is 407 g/mol. The summed E-state index contributed by atoms with van der Waals surface area (Å²) in [6, 6.07) is 0.500. The molecule has 1 spiro atoms. The number of nitrogens with zero attached hydrogens (tertiary/aromatic N) is 1. The van der Waals surface area contributed by atoms with Gasteiger partial charge in [0.2, 0.25) is 0 Å². The second-order valence-electron chi connectivity index (χ2n) is 7.26. The molecule has 3 N–H and O–H groups in total. The molecule has 0 aromatic heterocycles. The van der Waals surface area contributed by atoms with Crippen molar-refractivity contribution in [3.8, 4) is 0 Å². The van der Waals surface area contributed by atoms with Gasteiger partial charge >= 0.3 is 0 Å². The minimum absolute atomic E-state index is 0. The molecule has 0 bridgehead atoms. The number of hydrogen-bond donors (Lipinski definition) is 2. The summed E-state index contributed by atoms with van der Waals surface area (Å²) in [6.45, 7) is 6.21. The lowest BCUT2D eigenvalue weighted by atomic mass is 9.54. The Morgan fingerprint density at radius 3 is 2.76 bits per heavy atom. The first-order chi connectivity index (χ1) is 9.63. The van der Waals surface area contributed by atoms with Crippen LogP contribution in [0.1, 0.15) is 52.4 Å². The van der Waals surface area contributed by atoms with Crippen molar-refractivity contribution >= 4 is 29.9 Å². The first-order valence-corrected chi connectivity index (χ1v) is 8.31. The van der Waals surface area contributed by atoms with Crippen LogP contribution >= 0.6 is 24.0 Å². The number of nitrogens with two attached hydrogens (primary N) is 1. The predicted molar refractivity (Wildman–Crippen MR) is 97.0 cm³/mol. The van der Waals surface area contributed by atoms with E-state index in [1.54, 1.807) is 0 Å². The van der Waals surface area contributed by atoms with Crippen LogP contribution in [0.3, 0.4) is 0 Å². The number of rotatable bonds is 4. The van der Waals surface area contributed by atoms with Gasteiger partial charge in [-0.15, -0.1) is 24.0 Å². The highest BCUT2D eigenvalue weighted by molar-refractivity contribution is 14.0. The summed E-state index contributed by atoms with van der Waals surface area (Å²) in [4.78, 5) is 4.50. The first kappa shape index (κ1) is 17.3. The van der Waals surface area contributed by atoms with E-state index in [0.29, 0.717) is 35.4 Å². The molecule has 1 saturated heterocycles. The number of fused-ring (bicyclic) bond motifs is 2. The molecule has 4 nitrogen and oxygen atoms in total. The van der Waals surface area contributed by atoms with Gasteiger partial charge in [-0.05, 0) is 31.6 Å². The molecule has 2 saturated carbocycles. The second kappa shape index (κ2) is 7.02. The van der Waals surface area contributed by atoms with Gasteiger partial charge in [-0.3, -0.25) is 4.99 Å². The molecule has 0 aromatic rings. The van der Waals surface area contributed by atoms with Crippen LogP contribution in [0.4, 0.5) is 0 Å². The zero-order valence-corrected chi connectivity index (χ0v) is 15.6. The maximum atomic E-state index is 6.10. The Kier molecular flexibility index (Phi) is 5.79. The Morgan fingerprint density at radius 1 is 1.38 bits per heavy atom. The molecule has 2 aliphatic carbocycles. The summed E-state index contributed by atoms with van der Waals surface area (Å²) in [5, 5.41) is 3.54. The molecule has 5 heteroatoms. The zero-order chi connectivity index (χ0) is 14.2. The van der Waals surface area contributed by atoms with E-state index in [2.05, 4.69) is 24.2 Å². The van der Waals surface area contributed by atoms with Crippen LogP contribution in [-0.2, 0) is 4.74 Å². The van der Waals surface area contributed by atoms with Crippen LogP contribution in [0, 0.1) is 17.3 Å². The van der Waals surface area contributed by atoms with Gasteiger partial charge in [0.25, 0.3) is 0 Å². The largest absolute Gasteiger partial charge is 0.377 e. The Hall–Kier alpha value is -0.0400. The van der Waals surface area contributed by atoms with Gasteiger partial charge in [-0.2, -0.15) is 0 Å². The third-order valence-electron chi connectivity index (χ3n) is 5.58. The molecular formula is C16H30IN3O. The van der Waals surface area contributed by atoms with E-state index in [-0.39, 0.29) is 24.0 Å². The van der Waals surface area contributed by atoms with Crippen LogP contribution in [-0.4, -0.2) is 31.3 Å². The Bertz CT molecular complexity index is 380. The van der Waals surface area contributed by atoms with E-state index in [0.717, 1.165) is 19.6 Å². The highest BCUT2D eigenvalue weighted by Crippen LogP contribution is 2.60. The summed E-state index contributed by atoms with van der Waals surface area (Å²) in [6.07, 6.45) is 8.06. The molecule has 1 aliphatic heterocycles. The Labute approximate surface area is 145 Å². The standard InChI is InChI=1S/C16H29N3O.HI/c1-11(2)5-9-18-15(17)19-13-12-6-10-20-14(12)16(13)7-3-4-8-16;/h11-14H,3-10H2,1-2H3,(H3,17,18,19);1H. The molecule has 3 unspecified atom stereocenters. The van der Waals surface area contributed by atoms with E-state index in [1.165, 1.54) is 32.1 Å². The maximum Gasteiger partial charge on any atom is 0.188 e. The molecule has 3 aliphatic rings. The van der Waals surface area contributed by atoms with Crippen molar-refractivity contribution in [1.29, 1.82) is 0 Å². The van der Waals surface area contributed by atoms with Crippen molar-refractivity contribution in [2.45, 2.75) is 64.5 Å². The van der Waals surface area contributed by atoms with Gasteiger partial charge in [0, 0.05) is 30.5 Å². The van der Waals surface area contributed by atoms with Crippen molar-refractivity contribution in [2.75, 3.05) is 13.2 Å². The number of ether oxygens (including phenoxy) is 1. The van der Waals surface area contributed by atoms with Gasteiger partial charge in [-0.25, -0.2) is 0 Å². The lowest BCUT2D eigenvalue weighted by Crippen LogP contribution is -2.69. The minimum Gasteiger partial charge on any atom is -0.377 e. The van der Waals surface area contributed by atoms with E-state index in [4.69, 9.17) is 10.5 Å². The number of aliphatic imine (C=N–C) groups is 1. The van der Waals surface area contributed by atoms with Gasteiger partial charge < -0.3 is 15.8 Å². The van der Waals surface area contributed by atoms with Crippen LogP contribution in [0.2, 0.25) is 0 Å². The molecule has 0 amide bonds. The van der Waals surface area contributed by atoms with Crippen LogP contribution in [0.25, 0.3) is 0 Å². The summed E-state index contributed by atoms with van der Waals surface area (Å²) < 4.78 is 5.99. The quantitative estimate of drug-likeness (QED) is 0.428. The SMILES string of the molecule is CC(C)CCN=C(N)NC1C2CCOC2C12CCCC2.I. The topological polar surface area (TPSA) is 59.6 Å². The number of guanidine groups is 1. The van der Waals surface area contributed by atoms with Crippen LogP contribution in [0.15, 0.2) is 4.99 Å². The van der Waals surface area contributed by atoms with Gasteiger partial charge in [0.15, 0.2) is 5.96 Å². The van der Waals surface area contributed by atoms with Gasteiger partial charge in [0.1, 0.15) is 0 Å². The summed E-state index contributed by atoms with van der Waals surface area (Å²) >= 11 is 0.